The second-order valence-electron chi connectivity index (χ2n) is 4.03. The monoisotopic (exact) mass is 273 g/mol. The Bertz CT molecular complexity index is 351. The molecule has 0 spiro atoms. The summed E-state index contributed by atoms with van der Waals surface area (Å²) in [5.74, 6) is 0. The Kier molecular flexibility index (Phi) is 8.49. The lowest BCUT2D eigenvalue weighted by molar-refractivity contribution is -0.332. The minimum atomic E-state index is -2.96. The summed E-state index contributed by atoms with van der Waals surface area (Å²) in [5, 5.41) is 44.7. The third-order valence-corrected chi connectivity index (χ3v) is 2.41. The number of aryl methyl sites for hydroxylation is 1. The van der Waals surface area contributed by atoms with Gasteiger partial charge >= 0.3 is 6.10 Å². The topological polar surface area (TPSA) is 113 Å². The van der Waals surface area contributed by atoms with Crippen LogP contribution in [0.2, 0.25) is 0 Å². The van der Waals surface area contributed by atoms with Gasteiger partial charge in [-0.3, -0.25) is 0 Å². The van der Waals surface area contributed by atoms with Crippen LogP contribution in [0.5, 0.6) is 0 Å². The van der Waals surface area contributed by atoms with E-state index in [1.807, 2.05) is 23.5 Å². The summed E-state index contributed by atoms with van der Waals surface area (Å²) in [4.78, 5) is 0. The molecule has 0 saturated carbocycles. The van der Waals surface area contributed by atoms with Crippen LogP contribution in [-0.4, -0.2) is 45.3 Å². The Morgan fingerprint density at radius 3 is 2.37 bits per heavy atom. The van der Waals surface area contributed by atoms with Crippen LogP contribution >= 0.6 is 0 Å². The molecule has 110 valence electrons. The maximum absolute atomic E-state index is 9.78. The lowest BCUT2D eigenvalue weighted by Crippen LogP contribution is -2.46. The van der Waals surface area contributed by atoms with Crippen molar-refractivity contribution in [2.24, 2.45) is 0 Å². The highest BCUT2D eigenvalue weighted by Gasteiger charge is 2.19. The summed E-state index contributed by atoms with van der Waals surface area (Å²) in [6.45, 7) is 1.92. The van der Waals surface area contributed by atoms with E-state index < -0.39 is 12.2 Å². The van der Waals surface area contributed by atoms with Crippen molar-refractivity contribution in [1.82, 2.24) is 5.32 Å². The van der Waals surface area contributed by atoms with Gasteiger partial charge in [0.1, 0.15) is 0 Å². The fourth-order valence-corrected chi connectivity index (χ4v) is 1.60. The van der Waals surface area contributed by atoms with Gasteiger partial charge in [0.2, 0.25) is 0 Å². The fraction of sp³-hybridized carbons (Fsp3) is 0.538. The Hall–Kier alpha value is -1.02. The van der Waals surface area contributed by atoms with Gasteiger partial charge in [-0.15, -0.1) is 0 Å². The second kappa shape index (κ2) is 8.98. The first kappa shape index (κ1) is 18.0. The number of rotatable bonds is 6. The molecule has 0 aliphatic heterocycles. The van der Waals surface area contributed by atoms with E-state index in [-0.39, 0.29) is 6.54 Å². The van der Waals surface area contributed by atoms with Crippen LogP contribution in [0.3, 0.4) is 0 Å². The molecule has 19 heavy (non-hydrogen) atoms. The smallest absolute Gasteiger partial charge is 0.343 e. The van der Waals surface area contributed by atoms with Crippen LogP contribution in [0.4, 0.5) is 0 Å². The highest BCUT2D eigenvalue weighted by Crippen LogP contribution is 2.15. The van der Waals surface area contributed by atoms with Crippen LogP contribution < -0.4 is 5.32 Å². The molecule has 1 aromatic carbocycles. The molecule has 1 atom stereocenters. The average Bonchev–Trinajstić information content (AvgIpc) is 2.38. The van der Waals surface area contributed by atoms with Gasteiger partial charge in [0.25, 0.3) is 0 Å². The molecule has 6 heteroatoms. The van der Waals surface area contributed by atoms with E-state index in [2.05, 4.69) is 6.92 Å². The van der Waals surface area contributed by atoms with Crippen molar-refractivity contribution in [3.05, 3.63) is 35.4 Å². The van der Waals surface area contributed by atoms with Crippen LogP contribution in [0.15, 0.2) is 24.3 Å². The minimum absolute atomic E-state index is 0.154. The normalized spacial score (nSPS) is 12.6. The van der Waals surface area contributed by atoms with Crippen LogP contribution in [-0.2, 0) is 6.42 Å². The van der Waals surface area contributed by atoms with Crippen molar-refractivity contribution < 1.29 is 25.5 Å². The first-order chi connectivity index (χ1) is 8.92. The highest BCUT2D eigenvalue weighted by molar-refractivity contribution is 5.25. The molecule has 0 amide bonds. The predicted molar refractivity (Wildman–Crippen MR) is 70.9 cm³/mol. The molecular formula is C13H23NO5. The van der Waals surface area contributed by atoms with Crippen molar-refractivity contribution in [3.63, 3.8) is 0 Å². The number of nitrogens with one attached hydrogen (secondary N) is 1. The van der Waals surface area contributed by atoms with Gasteiger partial charge in [0.05, 0.1) is 6.10 Å². The van der Waals surface area contributed by atoms with Gasteiger partial charge in [0, 0.05) is 13.7 Å². The van der Waals surface area contributed by atoms with Crippen molar-refractivity contribution in [1.29, 1.82) is 0 Å². The summed E-state index contributed by atoms with van der Waals surface area (Å²) in [5.41, 5.74) is 1.79. The van der Waals surface area contributed by atoms with Crippen molar-refractivity contribution in [3.8, 4) is 0 Å². The molecule has 0 aromatic heterocycles. The Balaban J connectivity index is 0.00000154. The van der Waals surface area contributed by atoms with E-state index in [4.69, 9.17) is 20.4 Å². The van der Waals surface area contributed by atoms with Crippen molar-refractivity contribution in [2.75, 3.05) is 13.7 Å². The lowest BCUT2D eigenvalue weighted by Gasteiger charge is -2.19. The molecule has 0 saturated heterocycles. The molecule has 0 radical (unpaired) electrons. The molecule has 1 aromatic rings. The van der Waals surface area contributed by atoms with E-state index in [0.29, 0.717) is 5.56 Å². The number of benzene rings is 1. The fourth-order valence-electron chi connectivity index (χ4n) is 1.60. The van der Waals surface area contributed by atoms with Crippen LogP contribution in [0.25, 0.3) is 0 Å². The molecule has 0 heterocycles. The van der Waals surface area contributed by atoms with Gasteiger partial charge < -0.3 is 25.5 Å². The first-order valence-electron chi connectivity index (χ1n) is 6.06. The zero-order chi connectivity index (χ0) is 14.9. The molecule has 1 unspecified atom stereocenters. The van der Waals surface area contributed by atoms with Crippen LogP contribution in [0, 0.1) is 0 Å². The molecule has 6 nitrogen and oxygen atoms in total. The Labute approximate surface area is 113 Å². The molecule has 6 N–H and O–H groups in total. The molecule has 0 aliphatic carbocycles. The predicted octanol–water partition coefficient (Wildman–Crippen LogP) is -0.541. The van der Waals surface area contributed by atoms with Gasteiger partial charge in [-0.2, -0.15) is 0 Å². The number of hydrogen-bond donors (Lipinski definition) is 6. The number of aliphatic hydroxyl groups excluding tert-OH is 2. The Morgan fingerprint density at radius 2 is 1.84 bits per heavy atom. The lowest BCUT2D eigenvalue weighted by atomic mass is 10.0. The standard InChI is InChI=1S/C12H19NO4.CH4O/c1-2-4-9-5-3-6-10(7-9)11(14)8-13-12(15,16)17;1-2/h3,5-7,11,13-17H,2,4,8H2,1H3;2H,1H3. The summed E-state index contributed by atoms with van der Waals surface area (Å²) in [6.07, 6.45) is -1.91. The zero-order valence-electron chi connectivity index (χ0n) is 11.2. The van der Waals surface area contributed by atoms with E-state index in [1.54, 1.807) is 6.07 Å². The van der Waals surface area contributed by atoms with Gasteiger partial charge in [-0.05, 0) is 17.5 Å². The largest absolute Gasteiger partial charge is 0.400 e. The van der Waals surface area contributed by atoms with Gasteiger partial charge in [-0.1, -0.05) is 37.6 Å². The molecule has 0 fully saturated rings. The molecular weight excluding hydrogens is 250 g/mol. The quantitative estimate of drug-likeness (QED) is 0.388. The van der Waals surface area contributed by atoms with E-state index in [0.717, 1.165) is 25.5 Å². The van der Waals surface area contributed by atoms with Crippen molar-refractivity contribution >= 4 is 0 Å². The summed E-state index contributed by atoms with van der Waals surface area (Å²) in [6, 6.07) is 7.43. The van der Waals surface area contributed by atoms with E-state index >= 15 is 0 Å². The first-order valence-corrected chi connectivity index (χ1v) is 6.06. The molecule has 1 rings (SSSR count). The summed E-state index contributed by atoms with van der Waals surface area (Å²) in [7, 11) is 1.00. The van der Waals surface area contributed by atoms with Crippen LogP contribution in [0.1, 0.15) is 30.6 Å². The van der Waals surface area contributed by atoms with Crippen molar-refractivity contribution in [2.45, 2.75) is 32.0 Å². The highest BCUT2D eigenvalue weighted by atomic mass is 16.7. The average molecular weight is 273 g/mol. The minimum Gasteiger partial charge on any atom is -0.400 e. The number of hydrogen-bond acceptors (Lipinski definition) is 6. The summed E-state index contributed by atoms with van der Waals surface area (Å²) < 4.78 is 0. The Morgan fingerprint density at radius 1 is 1.21 bits per heavy atom. The van der Waals surface area contributed by atoms with E-state index in [9.17, 15) is 5.11 Å². The van der Waals surface area contributed by atoms with Gasteiger partial charge in [0.15, 0.2) is 0 Å². The van der Waals surface area contributed by atoms with Gasteiger partial charge in [-0.25, -0.2) is 5.32 Å². The molecule has 0 bridgehead atoms. The second-order valence-corrected chi connectivity index (χ2v) is 4.03. The maximum Gasteiger partial charge on any atom is 0.343 e. The third kappa shape index (κ3) is 7.89. The molecule has 0 aliphatic rings. The summed E-state index contributed by atoms with van der Waals surface area (Å²) >= 11 is 0. The van der Waals surface area contributed by atoms with E-state index in [1.165, 1.54) is 0 Å². The number of aliphatic hydroxyl groups is 5. The SMILES string of the molecule is CCCc1cccc(C(O)CNC(O)(O)O)c1.CO. The zero-order valence-corrected chi connectivity index (χ0v) is 11.2. The third-order valence-electron chi connectivity index (χ3n) is 2.41. The maximum atomic E-state index is 9.78.